The van der Waals surface area contributed by atoms with Gasteiger partial charge in [-0.05, 0) is 30.3 Å². The van der Waals surface area contributed by atoms with E-state index in [4.69, 9.17) is 5.84 Å². The Kier molecular flexibility index (Phi) is 2.52. The van der Waals surface area contributed by atoms with E-state index in [1.54, 1.807) is 18.2 Å². The Labute approximate surface area is 109 Å². The first-order valence-corrected chi connectivity index (χ1v) is 5.69. The van der Waals surface area contributed by atoms with Gasteiger partial charge in [0.15, 0.2) is 5.71 Å². The van der Waals surface area contributed by atoms with Gasteiger partial charge in [0.25, 0.3) is 5.91 Å². The second-order valence-corrected chi connectivity index (χ2v) is 4.12. The number of halogens is 1. The lowest BCUT2D eigenvalue weighted by atomic mass is 10.1. The maximum atomic E-state index is 13.3. The molecule has 5 heteroatoms. The number of hydrazone groups is 1. The van der Waals surface area contributed by atoms with E-state index in [0.29, 0.717) is 16.9 Å². The van der Waals surface area contributed by atoms with E-state index in [1.165, 1.54) is 17.0 Å². The molecule has 19 heavy (non-hydrogen) atoms. The molecule has 0 fully saturated rings. The minimum atomic E-state index is -0.428. The van der Waals surface area contributed by atoms with Crippen LogP contribution in [0.5, 0.6) is 0 Å². The molecule has 0 aliphatic carbocycles. The molecule has 1 heterocycles. The van der Waals surface area contributed by atoms with Gasteiger partial charge in [-0.1, -0.05) is 18.2 Å². The van der Waals surface area contributed by atoms with E-state index >= 15 is 0 Å². The van der Waals surface area contributed by atoms with Gasteiger partial charge in [0.1, 0.15) is 5.82 Å². The summed E-state index contributed by atoms with van der Waals surface area (Å²) in [6, 6.07) is 13.2. The van der Waals surface area contributed by atoms with E-state index < -0.39 is 5.82 Å². The molecule has 0 spiro atoms. The van der Waals surface area contributed by atoms with Crippen LogP contribution in [0.2, 0.25) is 0 Å². The van der Waals surface area contributed by atoms with Crippen LogP contribution in [0.4, 0.5) is 15.8 Å². The van der Waals surface area contributed by atoms with Gasteiger partial charge in [0, 0.05) is 11.3 Å². The lowest BCUT2D eigenvalue weighted by Gasteiger charge is -2.16. The molecule has 0 bridgehead atoms. The van der Waals surface area contributed by atoms with Crippen molar-refractivity contribution in [3.05, 3.63) is 59.9 Å². The average molecular weight is 255 g/mol. The number of anilines is 2. The van der Waals surface area contributed by atoms with Gasteiger partial charge in [0.05, 0.1) is 5.69 Å². The van der Waals surface area contributed by atoms with Crippen LogP contribution in [-0.2, 0) is 4.79 Å². The molecule has 0 saturated heterocycles. The fourth-order valence-corrected chi connectivity index (χ4v) is 2.18. The number of benzene rings is 2. The first kappa shape index (κ1) is 11.4. The number of hydrogen-bond acceptors (Lipinski definition) is 3. The highest BCUT2D eigenvalue weighted by atomic mass is 19.1. The zero-order valence-electron chi connectivity index (χ0n) is 9.88. The molecule has 0 radical (unpaired) electrons. The first-order chi connectivity index (χ1) is 9.22. The molecule has 1 aliphatic rings. The molecule has 2 aromatic rings. The van der Waals surface area contributed by atoms with E-state index in [-0.39, 0.29) is 11.6 Å². The third-order valence-electron chi connectivity index (χ3n) is 3.00. The molecule has 0 unspecified atom stereocenters. The van der Waals surface area contributed by atoms with Crippen LogP contribution in [0.15, 0.2) is 53.6 Å². The van der Waals surface area contributed by atoms with Crippen LogP contribution in [0, 0.1) is 5.82 Å². The van der Waals surface area contributed by atoms with Crippen molar-refractivity contribution in [3.63, 3.8) is 0 Å². The van der Waals surface area contributed by atoms with Gasteiger partial charge in [-0.3, -0.25) is 9.69 Å². The summed E-state index contributed by atoms with van der Waals surface area (Å²) in [6.45, 7) is 0. The third-order valence-corrected chi connectivity index (χ3v) is 3.00. The predicted molar refractivity (Wildman–Crippen MR) is 70.7 cm³/mol. The molecular formula is C14H10FN3O. The van der Waals surface area contributed by atoms with E-state index in [0.717, 1.165) is 0 Å². The summed E-state index contributed by atoms with van der Waals surface area (Å²) < 4.78 is 13.3. The van der Waals surface area contributed by atoms with E-state index in [9.17, 15) is 9.18 Å². The summed E-state index contributed by atoms with van der Waals surface area (Å²) in [5, 5.41) is 3.49. The molecule has 0 saturated carbocycles. The number of hydrogen-bond donors (Lipinski definition) is 1. The smallest absolute Gasteiger partial charge is 0.283 e. The lowest BCUT2D eigenvalue weighted by Crippen LogP contribution is -2.26. The van der Waals surface area contributed by atoms with Crippen molar-refractivity contribution in [2.75, 3.05) is 4.90 Å². The van der Waals surface area contributed by atoms with Crippen LogP contribution in [0.3, 0.4) is 0 Å². The number of carbonyl (C=O) groups is 1. The summed E-state index contributed by atoms with van der Waals surface area (Å²) in [5.74, 6) is 4.47. The van der Waals surface area contributed by atoms with Crippen molar-refractivity contribution in [2.45, 2.75) is 0 Å². The van der Waals surface area contributed by atoms with Crippen LogP contribution >= 0.6 is 0 Å². The maximum Gasteiger partial charge on any atom is 0.283 e. The van der Waals surface area contributed by atoms with E-state index in [2.05, 4.69) is 5.10 Å². The van der Waals surface area contributed by atoms with Crippen LogP contribution in [-0.4, -0.2) is 11.6 Å². The SMILES string of the molecule is N/N=C1\C(=O)N(c2ccccc2)c2ccc(F)cc21. The molecule has 2 N–H and O–H groups in total. The first-order valence-electron chi connectivity index (χ1n) is 5.69. The molecule has 0 aromatic heterocycles. The van der Waals surface area contributed by atoms with Crippen molar-refractivity contribution in [1.29, 1.82) is 0 Å². The highest BCUT2D eigenvalue weighted by molar-refractivity contribution is 6.55. The Morgan fingerprint density at radius 2 is 1.84 bits per heavy atom. The Morgan fingerprint density at radius 3 is 2.53 bits per heavy atom. The number of fused-ring (bicyclic) bond motifs is 1. The fourth-order valence-electron chi connectivity index (χ4n) is 2.18. The van der Waals surface area contributed by atoms with Gasteiger partial charge in [-0.25, -0.2) is 4.39 Å². The lowest BCUT2D eigenvalue weighted by molar-refractivity contribution is -0.111. The minimum absolute atomic E-state index is 0.0679. The monoisotopic (exact) mass is 255 g/mol. The Bertz CT molecular complexity index is 682. The number of nitrogens with zero attached hydrogens (tertiary/aromatic N) is 2. The van der Waals surface area contributed by atoms with Crippen molar-refractivity contribution >= 4 is 23.0 Å². The van der Waals surface area contributed by atoms with Gasteiger partial charge in [-0.15, -0.1) is 0 Å². The molecule has 94 valence electrons. The molecule has 1 amide bonds. The molecule has 2 aromatic carbocycles. The molecule has 4 nitrogen and oxygen atoms in total. The van der Waals surface area contributed by atoms with E-state index in [1.807, 2.05) is 18.2 Å². The second kappa shape index (κ2) is 4.20. The number of para-hydroxylation sites is 1. The molecule has 3 rings (SSSR count). The quantitative estimate of drug-likeness (QED) is 0.627. The number of nitrogens with two attached hydrogens (primary N) is 1. The largest absolute Gasteiger partial charge is 0.322 e. The van der Waals surface area contributed by atoms with Crippen LogP contribution in [0.1, 0.15) is 5.56 Å². The van der Waals surface area contributed by atoms with Crippen molar-refractivity contribution < 1.29 is 9.18 Å². The molecule has 1 aliphatic heterocycles. The standard InChI is InChI=1S/C14H10FN3O/c15-9-6-7-12-11(8-9)13(17-16)14(19)18(12)10-4-2-1-3-5-10/h1-8H,16H2/b17-13-. The third kappa shape index (κ3) is 1.67. The topological polar surface area (TPSA) is 58.7 Å². The Balaban J connectivity index is 2.22. The van der Waals surface area contributed by atoms with Crippen molar-refractivity contribution in [2.24, 2.45) is 10.9 Å². The van der Waals surface area contributed by atoms with Gasteiger partial charge < -0.3 is 5.84 Å². The van der Waals surface area contributed by atoms with Crippen LogP contribution in [0.25, 0.3) is 0 Å². The number of amides is 1. The van der Waals surface area contributed by atoms with Gasteiger partial charge in [0.2, 0.25) is 0 Å². The average Bonchev–Trinajstić information content (AvgIpc) is 2.70. The Hall–Kier alpha value is -2.69. The highest BCUT2D eigenvalue weighted by Crippen LogP contribution is 2.35. The van der Waals surface area contributed by atoms with Crippen molar-refractivity contribution in [1.82, 2.24) is 0 Å². The van der Waals surface area contributed by atoms with Crippen molar-refractivity contribution in [3.8, 4) is 0 Å². The summed E-state index contributed by atoms with van der Waals surface area (Å²) in [6.07, 6.45) is 0. The second-order valence-electron chi connectivity index (χ2n) is 4.12. The molecule has 0 atom stereocenters. The summed E-state index contributed by atoms with van der Waals surface area (Å²) in [5.41, 5.74) is 1.76. The zero-order valence-corrected chi connectivity index (χ0v) is 9.88. The fraction of sp³-hybridized carbons (Fsp3) is 0. The van der Waals surface area contributed by atoms with Crippen LogP contribution < -0.4 is 10.7 Å². The Morgan fingerprint density at radius 1 is 1.11 bits per heavy atom. The number of rotatable bonds is 1. The van der Waals surface area contributed by atoms with Gasteiger partial charge >= 0.3 is 0 Å². The normalized spacial score (nSPS) is 15.9. The zero-order chi connectivity index (χ0) is 13.4. The maximum absolute atomic E-state index is 13.3. The highest BCUT2D eigenvalue weighted by Gasteiger charge is 2.35. The number of carbonyl (C=O) groups excluding carboxylic acids is 1. The summed E-state index contributed by atoms with van der Waals surface area (Å²) >= 11 is 0. The predicted octanol–water partition coefficient (Wildman–Crippen LogP) is 2.17. The summed E-state index contributed by atoms with van der Waals surface area (Å²) in [4.78, 5) is 13.8. The minimum Gasteiger partial charge on any atom is -0.322 e. The molecular weight excluding hydrogens is 245 g/mol. The summed E-state index contributed by atoms with van der Waals surface area (Å²) in [7, 11) is 0. The van der Waals surface area contributed by atoms with Gasteiger partial charge in [-0.2, -0.15) is 5.10 Å².